The van der Waals surface area contributed by atoms with E-state index in [1.807, 2.05) is 19.1 Å². The summed E-state index contributed by atoms with van der Waals surface area (Å²) in [5.41, 5.74) is 2.26. The summed E-state index contributed by atoms with van der Waals surface area (Å²) in [4.78, 5) is 0. The molecule has 2 N–H and O–H groups in total. The molecule has 0 aromatic heterocycles. The van der Waals surface area contributed by atoms with E-state index in [4.69, 9.17) is 10.00 Å². The first-order chi connectivity index (χ1) is 9.63. The summed E-state index contributed by atoms with van der Waals surface area (Å²) in [6, 6.07) is 14.3. The maximum Gasteiger partial charge on any atom is 0.121 e. The summed E-state index contributed by atoms with van der Waals surface area (Å²) in [6.07, 6.45) is 0. The van der Waals surface area contributed by atoms with E-state index >= 15 is 0 Å². The molecule has 0 radical (unpaired) electrons. The van der Waals surface area contributed by atoms with E-state index in [1.54, 1.807) is 37.4 Å². The Balaban J connectivity index is 2.18. The Morgan fingerprint density at radius 2 is 1.90 bits per heavy atom. The monoisotopic (exact) mass is 268 g/mol. The van der Waals surface area contributed by atoms with Crippen LogP contribution in [-0.4, -0.2) is 12.2 Å². The maximum absolute atomic E-state index is 9.92. The van der Waals surface area contributed by atoms with Gasteiger partial charge >= 0.3 is 0 Å². The zero-order valence-electron chi connectivity index (χ0n) is 11.4. The van der Waals surface area contributed by atoms with Crippen molar-refractivity contribution in [1.29, 1.82) is 5.26 Å². The number of methoxy groups -OCH3 is 1. The van der Waals surface area contributed by atoms with Crippen molar-refractivity contribution < 1.29 is 9.84 Å². The summed E-state index contributed by atoms with van der Waals surface area (Å²) in [5.74, 6) is 0.922. The first-order valence-electron chi connectivity index (χ1n) is 6.27. The van der Waals surface area contributed by atoms with Gasteiger partial charge in [-0.15, -0.1) is 0 Å². The van der Waals surface area contributed by atoms with Crippen LogP contribution in [0.3, 0.4) is 0 Å². The average molecular weight is 268 g/mol. The third kappa shape index (κ3) is 3.01. The van der Waals surface area contributed by atoms with Crippen LogP contribution in [-0.2, 0) is 0 Å². The Bertz CT molecular complexity index is 630. The van der Waals surface area contributed by atoms with Crippen LogP contribution in [0.15, 0.2) is 42.5 Å². The molecule has 2 aromatic rings. The molecular formula is C16H16N2O2. The van der Waals surface area contributed by atoms with Crippen LogP contribution in [0, 0.1) is 11.3 Å². The molecule has 1 unspecified atom stereocenters. The molecule has 0 saturated carbocycles. The van der Waals surface area contributed by atoms with E-state index in [0.29, 0.717) is 11.3 Å². The molecule has 20 heavy (non-hydrogen) atoms. The standard InChI is InChI=1S/C16H16N2O2/c1-11(15-9-14(20-2)7-8-16(15)19)18-13-5-3-12(10-17)4-6-13/h3-9,11,18-19H,1-2H3. The molecule has 2 aromatic carbocycles. The van der Waals surface area contributed by atoms with Crippen LogP contribution in [0.25, 0.3) is 0 Å². The SMILES string of the molecule is COc1ccc(O)c(C(C)Nc2ccc(C#N)cc2)c1. The highest BCUT2D eigenvalue weighted by atomic mass is 16.5. The summed E-state index contributed by atoms with van der Waals surface area (Å²) in [5, 5.41) is 22.0. The van der Waals surface area contributed by atoms with Crippen molar-refractivity contribution in [2.75, 3.05) is 12.4 Å². The number of rotatable bonds is 4. The van der Waals surface area contributed by atoms with Crippen molar-refractivity contribution in [3.05, 3.63) is 53.6 Å². The molecule has 4 heteroatoms. The van der Waals surface area contributed by atoms with Crippen molar-refractivity contribution in [2.24, 2.45) is 0 Å². The van der Waals surface area contributed by atoms with Crippen LogP contribution < -0.4 is 10.1 Å². The van der Waals surface area contributed by atoms with E-state index in [0.717, 1.165) is 11.3 Å². The van der Waals surface area contributed by atoms with Gasteiger partial charge in [0, 0.05) is 11.3 Å². The lowest BCUT2D eigenvalue weighted by Gasteiger charge is -2.17. The number of phenolic OH excluding ortho intramolecular Hbond substituents is 1. The quantitative estimate of drug-likeness (QED) is 0.891. The van der Waals surface area contributed by atoms with E-state index in [1.165, 1.54) is 0 Å². The van der Waals surface area contributed by atoms with E-state index in [-0.39, 0.29) is 11.8 Å². The second-order valence-electron chi connectivity index (χ2n) is 4.48. The number of nitrogens with one attached hydrogen (secondary N) is 1. The molecule has 0 spiro atoms. The predicted octanol–water partition coefficient (Wildman–Crippen LogP) is 3.45. The van der Waals surface area contributed by atoms with Gasteiger partial charge in [0.1, 0.15) is 11.5 Å². The van der Waals surface area contributed by atoms with E-state index in [2.05, 4.69) is 11.4 Å². The van der Waals surface area contributed by atoms with Gasteiger partial charge in [-0.05, 0) is 49.4 Å². The number of hydrogen-bond acceptors (Lipinski definition) is 4. The molecule has 0 aliphatic heterocycles. The number of phenols is 1. The zero-order valence-corrected chi connectivity index (χ0v) is 11.4. The minimum absolute atomic E-state index is 0.0852. The molecule has 4 nitrogen and oxygen atoms in total. The molecular weight excluding hydrogens is 252 g/mol. The Labute approximate surface area is 118 Å². The van der Waals surface area contributed by atoms with Gasteiger partial charge < -0.3 is 15.2 Å². The van der Waals surface area contributed by atoms with Gasteiger partial charge in [0.15, 0.2) is 0 Å². The van der Waals surface area contributed by atoms with Gasteiger partial charge in [0.05, 0.1) is 24.8 Å². The number of nitrogens with zero attached hydrogens (tertiary/aromatic N) is 1. The fraction of sp³-hybridized carbons (Fsp3) is 0.188. The van der Waals surface area contributed by atoms with Gasteiger partial charge in [0.2, 0.25) is 0 Å². The predicted molar refractivity (Wildman–Crippen MR) is 77.9 cm³/mol. The van der Waals surface area contributed by atoms with Crippen molar-refractivity contribution in [3.8, 4) is 17.6 Å². The first kappa shape index (κ1) is 13.8. The van der Waals surface area contributed by atoms with Crippen molar-refractivity contribution in [3.63, 3.8) is 0 Å². The summed E-state index contributed by atoms with van der Waals surface area (Å²) in [7, 11) is 1.59. The Kier molecular flexibility index (Phi) is 4.11. The molecule has 0 amide bonds. The third-order valence-corrected chi connectivity index (χ3v) is 3.10. The van der Waals surface area contributed by atoms with Crippen LogP contribution in [0.1, 0.15) is 24.1 Å². The number of hydrogen-bond donors (Lipinski definition) is 2. The normalized spacial score (nSPS) is 11.4. The number of nitriles is 1. The minimum atomic E-state index is -0.0852. The highest BCUT2D eigenvalue weighted by Crippen LogP contribution is 2.30. The molecule has 0 saturated heterocycles. The molecule has 0 fully saturated rings. The highest BCUT2D eigenvalue weighted by Gasteiger charge is 2.11. The van der Waals surface area contributed by atoms with Crippen molar-refractivity contribution in [1.82, 2.24) is 0 Å². The summed E-state index contributed by atoms with van der Waals surface area (Å²) < 4.78 is 5.17. The van der Waals surface area contributed by atoms with Gasteiger partial charge in [0.25, 0.3) is 0 Å². The van der Waals surface area contributed by atoms with Crippen LogP contribution in [0.5, 0.6) is 11.5 Å². The van der Waals surface area contributed by atoms with Gasteiger partial charge in [-0.1, -0.05) is 0 Å². The zero-order chi connectivity index (χ0) is 14.5. The number of aromatic hydroxyl groups is 1. The van der Waals surface area contributed by atoms with Crippen molar-refractivity contribution >= 4 is 5.69 Å². The Morgan fingerprint density at radius 3 is 2.50 bits per heavy atom. The minimum Gasteiger partial charge on any atom is -0.508 e. The van der Waals surface area contributed by atoms with Crippen molar-refractivity contribution in [2.45, 2.75) is 13.0 Å². The highest BCUT2D eigenvalue weighted by molar-refractivity contribution is 5.51. The lowest BCUT2D eigenvalue weighted by atomic mass is 10.1. The smallest absolute Gasteiger partial charge is 0.121 e. The third-order valence-electron chi connectivity index (χ3n) is 3.10. The molecule has 0 bridgehead atoms. The topological polar surface area (TPSA) is 65.3 Å². The summed E-state index contributed by atoms with van der Waals surface area (Å²) >= 11 is 0. The van der Waals surface area contributed by atoms with Crippen LogP contribution >= 0.6 is 0 Å². The fourth-order valence-corrected chi connectivity index (χ4v) is 1.98. The molecule has 0 heterocycles. The average Bonchev–Trinajstić information content (AvgIpc) is 2.48. The van der Waals surface area contributed by atoms with Crippen LogP contribution in [0.2, 0.25) is 0 Å². The molecule has 0 aliphatic carbocycles. The van der Waals surface area contributed by atoms with E-state index < -0.39 is 0 Å². The largest absolute Gasteiger partial charge is 0.508 e. The fourth-order valence-electron chi connectivity index (χ4n) is 1.98. The first-order valence-corrected chi connectivity index (χ1v) is 6.27. The van der Waals surface area contributed by atoms with Gasteiger partial charge in [-0.2, -0.15) is 5.26 Å². The Hall–Kier alpha value is -2.67. The summed E-state index contributed by atoms with van der Waals surface area (Å²) in [6.45, 7) is 1.95. The second kappa shape index (κ2) is 5.98. The number of benzene rings is 2. The maximum atomic E-state index is 9.92. The van der Waals surface area contributed by atoms with Crippen LogP contribution in [0.4, 0.5) is 5.69 Å². The molecule has 1 atom stereocenters. The van der Waals surface area contributed by atoms with Gasteiger partial charge in [-0.25, -0.2) is 0 Å². The number of ether oxygens (including phenoxy) is 1. The van der Waals surface area contributed by atoms with Gasteiger partial charge in [-0.3, -0.25) is 0 Å². The van der Waals surface area contributed by atoms with E-state index in [9.17, 15) is 5.11 Å². The second-order valence-corrected chi connectivity index (χ2v) is 4.48. The lowest BCUT2D eigenvalue weighted by molar-refractivity contribution is 0.410. The molecule has 0 aliphatic rings. The lowest BCUT2D eigenvalue weighted by Crippen LogP contribution is -2.07. The number of anilines is 1. The molecule has 2 rings (SSSR count). The molecule has 102 valence electrons. The Morgan fingerprint density at radius 1 is 1.20 bits per heavy atom.